The Kier molecular flexibility index (Phi) is 5.91. The minimum Gasteiger partial charge on any atom is -0.491 e. The molecule has 1 heterocycles. The summed E-state index contributed by atoms with van der Waals surface area (Å²) in [5.41, 5.74) is 0.0289. The molecular weight excluding hydrogens is 358 g/mol. The normalized spacial score (nSPS) is 24.6. The molecule has 7 heteroatoms. The molecule has 1 spiro atoms. The van der Waals surface area contributed by atoms with Crippen molar-refractivity contribution in [3.63, 3.8) is 0 Å². The first-order chi connectivity index (χ1) is 13.3. The highest BCUT2D eigenvalue weighted by Gasteiger charge is 2.52. The van der Waals surface area contributed by atoms with E-state index in [0.717, 1.165) is 23.3 Å². The van der Waals surface area contributed by atoms with E-state index in [0.29, 0.717) is 24.5 Å². The molecule has 4 amide bonds. The van der Waals surface area contributed by atoms with Crippen LogP contribution in [-0.2, 0) is 16.1 Å². The van der Waals surface area contributed by atoms with Crippen molar-refractivity contribution >= 4 is 17.8 Å². The summed E-state index contributed by atoms with van der Waals surface area (Å²) < 4.78 is 5.75. The highest BCUT2D eigenvalue weighted by Crippen LogP contribution is 2.36. The third-order valence-electron chi connectivity index (χ3n) is 5.49. The van der Waals surface area contributed by atoms with E-state index >= 15 is 0 Å². The predicted molar refractivity (Wildman–Crippen MR) is 105 cm³/mol. The number of nitrogens with one attached hydrogen (secondary N) is 2. The lowest BCUT2D eigenvalue weighted by Crippen LogP contribution is -2.49. The first-order valence-electron chi connectivity index (χ1n) is 9.96. The van der Waals surface area contributed by atoms with Gasteiger partial charge in [0.25, 0.3) is 5.91 Å². The highest BCUT2D eigenvalue weighted by atomic mass is 16.5. The molecule has 0 atom stereocenters. The van der Waals surface area contributed by atoms with Gasteiger partial charge in [-0.25, -0.2) is 4.79 Å². The maximum atomic E-state index is 12.8. The Balaban J connectivity index is 1.58. The van der Waals surface area contributed by atoms with Gasteiger partial charge in [-0.15, -0.1) is 0 Å². The monoisotopic (exact) mass is 387 g/mol. The summed E-state index contributed by atoms with van der Waals surface area (Å²) in [5, 5.41) is 5.62. The van der Waals surface area contributed by atoms with Crippen LogP contribution in [0.15, 0.2) is 24.3 Å². The Bertz CT molecular complexity index is 754. The van der Waals surface area contributed by atoms with Crippen LogP contribution < -0.4 is 15.4 Å². The van der Waals surface area contributed by atoms with Crippen molar-refractivity contribution < 1.29 is 19.1 Å². The van der Waals surface area contributed by atoms with Gasteiger partial charge in [0.15, 0.2) is 0 Å². The maximum absolute atomic E-state index is 12.8. The van der Waals surface area contributed by atoms with Crippen molar-refractivity contribution in [1.82, 2.24) is 15.5 Å². The van der Waals surface area contributed by atoms with Gasteiger partial charge >= 0.3 is 6.03 Å². The van der Waals surface area contributed by atoms with Gasteiger partial charge in [-0.2, -0.15) is 0 Å². The third-order valence-corrected chi connectivity index (χ3v) is 5.49. The Morgan fingerprint density at radius 3 is 2.64 bits per heavy atom. The molecular formula is C21H29N3O4. The fourth-order valence-corrected chi connectivity index (χ4v) is 3.83. The van der Waals surface area contributed by atoms with Gasteiger partial charge < -0.3 is 15.4 Å². The predicted octanol–water partition coefficient (Wildman–Crippen LogP) is 2.59. The minimum absolute atomic E-state index is 0.0252. The number of carbonyl (C=O) groups excluding carboxylic acids is 3. The number of hydrogen-bond acceptors (Lipinski definition) is 4. The van der Waals surface area contributed by atoms with Gasteiger partial charge in [0.1, 0.15) is 17.8 Å². The first kappa shape index (κ1) is 20.2. The van der Waals surface area contributed by atoms with E-state index in [1.165, 1.54) is 0 Å². The van der Waals surface area contributed by atoms with Gasteiger partial charge in [0.2, 0.25) is 5.91 Å². The van der Waals surface area contributed by atoms with E-state index in [9.17, 15) is 14.4 Å². The zero-order valence-electron chi connectivity index (χ0n) is 16.8. The van der Waals surface area contributed by atoms with Crippen LogP contribution in [0.1, 0.15) is 52.0 Å². The largest absolute Gasteiger partial charge is 0.491 e. The molecule has 152 valence electrons. The van der Waals surface area contributed by atoms with Crippen molar-refractivity contribution in [1.29, 1.82) is 0 Å². The summed E-state index contributed by atoms with van der Waals surface area (Å²) in [7, 11) is 0. The molecule has 0 unspecified atom stereocenters. The Labute approximate surface area is 165 Å². The van der Waals surface area contributed by atoms with Crippen LogP contribution in [0.4, 0.5) is 4.79 Å². The Morgan fingerprint density at radius 1 is 1.29 bits per heavy atom. The summed E-state index contributed by atoms with van der Waals surface area (Å²) in [6, 6.07) is 7.01. The number of nitrogens with zero attached hydrogens (tertiary/aromatic N) is 1. The van der Waals surface area contributed by atoms with Gasteiger partial charge in [-0.3, -0.25) is 14.5 Å². The summed E-state index contributed by atoms with van der Waals surface area (Å²) in [4.78, 5) is 38.6. The van der Waals surface area contributed by atoms with Gasteiger partial charge in [-0.1, -0.05) is 25.1 Å². The van der Waals surface area contributed by atoms with Gasteiger partial charge in [-0.05, 0) is 51.5 Å². The number of hydrogen-bond donors (Lipinski definition) is 2. The number of imide groups is 1. The zero-order chi connectivity index (χ0) is 20.3. The lowest BCUT2D eigenvalue weighted by Gasteiger charge is -2.33. The molecule has 1 aliphatic heterocycles. The van der Waals surface area contributed by atoms with Crippen LogP contribution >= 0.6 is 0 Å². The van der Waals surface area contributed by atoms with E-state index in [-0.39, 0.29) is 31.0 Å². The van der Waals surface area contributed by atoms with E-state index in [4.69, 9.17) is 4.74 Å². The maximum Gasteiger partial charge on any atom is 0.325 e. The highest BCUT2D eigenvalue weighted by molar-refractivity contribution is 6.09. The molecule has 1 saturated carbocycles. The van der Waals surface area contributed by atoms with Crippen molar-refractivity contribution in [2.45, 2.75) is 64.6 Å². The molecule has 0 aromatic heterocycles. The third kappa shape index (κ3) is 4.29. The topological polar surface area (TPSA) is 87.7 Å². The summed E-state index contributed by atoms with van der Waals surface area (Å²) in [5.74, 6) is 0.621. The molecule has 2 aliphatic rings. The summed E-state index contributed by atoms with van der Waals surface area (Å²) >= 11 is 0. The molecule has 7 nitrogen and oxygen atoms in total. The molecule has 3 rings (SSSR count). The summed E-state index contributed by atoms with van der Waals surface area (Å²) in [6.07, 6.45) is 3.10. The molecule has 2 fully saturated rings. The Hall–Kier alpha value is -2.57. The van der Waals surface area contributed by atoms with E-state index in [1.54, 1.807) is 0 Å². The van der Waals surface area contributed by atoms with Gasteiger partial charge in [0, 0.05) is 12.1 Å². The van der Waals surface area contributed by atoms with Crippen LogP contribution in [0.25, 0.3) is 0 Å². The molecule has 0 bridgehead atoms. The molecule has 1 aliphatic carbocycles. The molecule has 2 N–H and O–H groups in total. The van der Waals surface area contributed by atoms with Crippen molar-refractivity contribution in [2.75, 3.05) is 6.54 Å². The molecule has 28 heavy (non-hydrogen) atoms. The van der Waals surface area contributed by atoms with E-state index in [2.05, 4.69) is 17.6 Å². The molecule has 1 saturated heterocycles. The molecule has 1 aromatic carbocycles. The fraction of sp³-hybridized carbons (Fsp3) is 0.571. The molecule has 0 radical (unpaired) electrons. The number of urea groups is 1. The number of ether oxygens (including phenoxy) is 1. The number of amides is 4. The lowest BCUT2D eigenvalue weighted by molar-refractivity contribution is -0.136. The fourth-order valence-electron chi connectivity index (χ4n) is 3.83. The Morgan fingerprint density at radius 2 is 1.96 bits per heavy atom. The van der Waals surface area contributed by atoms with Crippen LogP contribution in [-0.4, -0.2) is 40.9 Å². The van der Waals surface area contributed by atoms with Crippen molar-refractivity contribution in [2.24, 2.45) is 5.92 Å². The number of para-hydroxylation sites is 1. The van der Waals surface area contributed by atoms with E-state index in [1.807, 2.05) is 38.1 Å². The average Bonchev–Trinajstić information content (AvgIpc) is 2.87. The van der Waals surface area contributed by atoms with Crippen LogP contribution in [0.5, 0.6) is 5.75 Å². The van der Waals surface area contributed by atoms with Crippen molar-refractivity contribution in [3.8, 4) is 5.75 Å². The standard InChI is InChI=1S/C21H29N3O4/c1-14(2)28-17-7-5-4-6-16(17)12-22-18(25)13-24-19(26)21(23-20(24)27)10-8-15(3)9-11-21/h4-7,14-15H,8-13H2,1-3H3,(H,22,25)(H,23,27). The van der Waals surface area contributed by atoms with Crippen molar-refractivity contribution in [3.05, 3.63) is 29.8 Å². The number of rotatable bonds is 6. The van der Waals surface area contributed by atoms with E-state index < -0.39 is 11.6 Å². The first-order valence-corrected chi connectivity index (χ1v) is 9.96. The van der Waals surface area contributed by atoms with Gasteiger partial charge in [0.05, 0.1) is 6.10 Å². The summed E-state index contributed by atoms with van der Waals surface area (Å²) in [6.45, 7) is 6.03. The van der Waals surface area contributed by atoms with Crippen LogP contribution in [0, 0.1) is 5.92 Å². The quantitative estimate of drug-likeness (QED) is 0.735. The number of benzene rings is 1. The average molecular weight is 387 g/mol. The van der Waals surface area contributed by atoms with Crippen LogP contribution in [0.2, 0.25) is 0 Å². The second kappa shape index (κ2) is 8.20. The molecule has 1 aromatic rings. The second-order valence-corrected chi connectivity index (χ2v) is 8.14. The lowest BCUT2D eigenvalue weighted by atomic mass is 9.77. The van der Waals surface area contributed by atoms with Crippen LogP contribution in [0.3, 0.4) is 0 Å². The number of carbonyl (C=O) groups is 3. The second-order valence-electron chi connectivity index (χ2n) is 8.14. The SMILES string of the molecule is CC1CCC2(CC1)NC(=O)N(CC(=O)NCc1ccccc1OC(C)C)C2=O. The smallest absolute Gasteiger partial charge is 0.325 e. The minimum atomic E-state index is -0.818. The zero-order valence-corrected chi connectivity index (χ0v) is 16.8.